The normalized spacial score (nSPS) is 12.2. The van der Waals surface area contributed by atoms with Crippen LogP contribution in [0, 0.1) is 6.92 Å². The van der Waals surface area contributed by atoms with E-state index in [4.69, 9.17) is 4.42 Å². The Morgan fingerprint density at radius 1 is 1.09 bits per heavy atom. The van der Waals surface area contributed by atoms with Gasteiger partial charge in [0.05, 0.1) is 0 Å². The van der Waals surface area contributed by atoms with E-state index in [1.165, 1.54) is 11.0 Å². The van der Waals surface area contributed by atoms with Crippen LogP contribution in [0.2, 0.25) is 0 Å². The van der Waals surface area contributed by atoms with Crippen molar-refractivity contribution in [2.45, 2.75) is 52.5 Å². The average Bonchev–Trinajstić information content (AvgIpc) is 3.10. The van der Waals surface area contributed by atoms with Gasteiger partial charge < -0.3 is 19.5 Å². The van der Waals surface area contributed by atoms with Crippen LogP contribution < -0.4 is 5.32 Å². The maximum absolute atomic E-state index is 13.1. The summed E-state index contributed by atoms with van der Waals surface area (Å²) in [4.78, 5) is 41.1. The van der Waals surface area contributed by atoms with Gasteiger partial charge in [-0.15, -0.1) is 0 Å². The second-order valence-corrected chi connectivity index (χ2v) is 8.13. The van der Waals surface area contributed by atoms with E-state index in [0.717, 1.165) is 29.4 Å². The first-order valence-electron chi connectivity index (χ1n) is 11.2. The molecule has 0 saturated heterocycles. The summed E-state index contributed by atoms with van der Waals surface area (Å²) in [5.41, 5.74) is 1.71. The summed E-state index contributed by atoms with van der Waals surface area (Å²) < 4.78 is 5.82. The lowest BCUT2D eigenvalue weighted by Crippen LogP contribution is -2.49. The highest BCUT2D eigenvalue weighted by atomic mass is 16.3. The number of carbonyl (C=O) groups is 3. The van der Waals surface area contributed by atoms with Crippen molar-refractivity contribution in [3.05, 3.63) is 41.7 Å². The Kier molecular flexibility index (Phi) is 9.50. The van der Waals surface area contributed by atoms with E-state index in [1.807, 2.05) is 45.0 Å². The van der Waals surface area contributed by atoms with Crippen molar-refractivity contribution in [2.24, 2.45) is 0 Å². The first-order chi connectivity index (χ1) is 15.3. The number of carbonyl (C=O) groups excluding carboxylic acids is 3. The molecule has 0 spiro atoms. The van der Waals surface area contributed by atoms with E-state index < -0.39 is 11.9 Å². The Morgan fingerprint density at radius 3 is 2.34 bits per heavy atom. The molecule has 3 amide bonds. The van der Waals surface area contributed by atoms with Crippen LogP contribution in [-0.4, -0.2) is 60.7 Å². The number of benzene rings is 1. The maximum atomic E-state index is 13.1. The summed E-state index contributed by atoms with van der Waals surface area (Å²) in [5, 5.41) is 3.80. The van der Waals surface area contributed by atoms with Crippen LogP contribution in [0.15, 0.2) is 34.8 Å². The lowest BCUT2D eigenvalue weighted by molar-refractivity contribution is -0.136. The highest BCUT2D eigenvalue weighted by molar-refractivity contribution is 5.96. The van der Waals surface area contributed by atoms with Crippen molar-refractivity contribution in [3.8, 4) is 0 Å². The largest absolute Gasteiger partial charge is 0.456 e. The van der Waals surface area contributed by atoms with E-state index >= 15 is 0 Å². The maximum Gasteiger partial charge on any atom is 0.245 e. The molecule has 174 valence electrons. The molecule has 32 heavy (non-hydrogen) atoms. The Labute approximate surface area is 190 Å². The third kappa shape index (κ3) is 6.70. The molecular weight excluding hydrogens is 406 g/mol. The van der Waals surface area contributed by atoms with Crippen LogP contribution in [0.1, 0.15) is 50.9 Å². The van der Waals surface area contributed by atoms with E-state index in [9.17, 15) is 14.4 Å². The lowest BCUT2D eigenvalue weighted by Gasteiger charge is -2.27. The molecule has 0 aliphatic heterocycles. The number of hydrogen-bond acceptors (Lipinski definition) is 4. The number of aryl methyl sites for hydroxylation is 1. The average molecular weight is 442 g/mol. The minimum absolute atomic E-state index is 0.0805. The van der Waals surface area contributed by atoms with Gasteiger partial charge >= 0.3 is 0 Å². The standard InChI is InChI=1S/C25H35N3O4/c1-6-16-28(17-7-2)25(31)20(12-15-24(30)27(4)5)26-23(29)14-13-21-18(3)19-10-8-9-11-22(19)32-21/h8-11,13-14,20H,6-7,12,15-17H2,1-5H3,(H,26,29)/b14-13+. The molecule has 0 fully saturated rings. The molecule has 1 atom stereocenters. The summed E-state index contributed by atoms with van der Waals surface area (Å²) in [6, 6.07) is 6.93. The minimum Gasteiger partial charge on any atom is -0.456 e. The van der Waals surface area contributed by atoms with Crippen LogP contribution in [0.4, 0.5) is 0 Å². The van der Waals surface area contributed by atoms with Gasteiger partial charge in [0.25, 0.3) is 0 Å². The SMILES string of the molecule is CCCN(CCC)C(=O)C(CCC(=O)N(C)C)NC(=O)/C=C/c1oc2ccccc2c1C. The van der Waals surface area contributed by atoms with Gasteiger partial charge in [0.15, 0.2) is 0 Å². The molecular formula is C25H35N3O4. The second kappa shape index (κ2) is 12.1. The van der Waals surface area contributed by atoms with Crippen molar-refractivity contribution >= 4 is 34.8 Å². The van der Waals surface area contributed by atoms with E-state index in [0.29, 0.717) is 18.8 Å². The number of fused-ring (bicyclic) bond motifs is 1. The highest BCUT2D eigenvalue weighted by Crippen LogP contribution is 2.25. The van der Waals surface area contributed by atoms with Gasteiger partial charge in [-0.25, -0.2) is 0 Å². The fraction of sp³-hybridized carbons (Fsp3) is 0.480. The predicted octanol–water partition coefficient (Wildman–Crippen LogP) is 3.76. The summed E-state index contributed by atoms with van der Waals surface area (Å²) in [7, 11) is 3.35. The monoisotopic (exact) mass is 441 g/mol. The molecule has 2 rings (SSSR count). The van der Waals surface area contributed by atoms with Crippen LogP contribution in [0.5, 0.6) is 0 Å². The van der Waals surface area contributed by atoms with Crippen LogP contribution in [-0.2, 0) is 14.4 Å². The number of nitrogens with zero attached hydrogens (tertiary/aromatic N) is 2. The number of para-hydroxylation sites is 1. The fourth-order valence-corrected chi connectivity index (χ4v) is 3.56. The molecule has 2 aromatic rings. The third-order valence-electron chi connectivity index (χ3n) is 5.33. The number of furan rings is 1. The summed E-state index contributed by atoms with van der Waals surface area (Å²) in [5.74, 6) is -0.0241. The van der Waals surface area contributed by atoms with Gasteiger partial charge in [0.2, 0.25) is 17.7 Å². The van der Waals surface area contributed by atoms with E-state index in [2.05, 4.69) is 5.32 Å². The van der Waals surface area contributed by atoms with E-state index in [-0.39, 0.29) is 24.7 Å². The van der Waals surface area contributed by atoms with E-state index in [1.54, 1.807) is 25.1 Å². The molecule has 7 heteroatoms. The van der Waals surface area contributed by atoms with Crippen molar-refractivity contribution in [1.29, 1.82) is 0 Å². The second-order valence-electron chi connectivity index (χ2n) is 8.13. The van der Waals surface area contributed by atoms with Crippen molar-refractivity contribution < 1.29 is 18.8 Å². The zero-order chi connectivity index (χ0) is 23.7. The molecule has 1 N–H and O–H groups in total. The molecule has 1 unspecified atom stereocenters. The Bertz CT molecular complexity index is 955. The molecule has 1 heterocycles. The number of nitrogens with one attached hydrogen (secondary N) is 1. The van der Waals surface area contributed by atoms with Gasteiger partial charge in [-0.05, 0) is 38.3 Å². The first kappa shape index (κ1) is 25.2. The van der Waals surface area contributed by atoms with Gasteiger partial charge in [-0.3, -0.25) is 14.4 Å². The topological polar surface area (TPSA) is 82.9 Å². The smallest absolute Gasteiger partial charge is 0.245 e. The number of amides is 3. The molecule has 1 aromatic carbocycles. The van der Waals surface area contributed by atoms with Crippen molar-refractivity contribution in [2.75, 3.05) is 27.2 Å². The summed E-state index contributed by atoms with van der Waals surface area (Å²) in [6.45, 7) is 7.20. The molecule has 1 aromatic heterocycles. The first-order valence-corrected chi connectivity index (χ1v) is 11.2. The quantitative estimate of drug-likeness (QED) is 0.538. The van der Waals surface area contributed by atoms with Crippen LogP contribution >= 0.6 is 0 Å². The highest BCUT2D eigenvalue weighted by Gasteiger charge is 2.25. The van der Waals surface area contributed by atoms with Crippen molar-refractivity contribution in [3.63, 3.8) is 0 Å². The van der Waals surface area contributed by atoms with Gasteiger partial charge in [-0.2, -0.15) is 0 Å². The summed E-state index contributed by atoms with van der Waals surface area (Å²) >= 11 is 0. The molecule has 0 aliphatic carbocycles. The van der Waals surface area contributed by atoms with Gasteiger partial charge in [-0.1, -0.05) is 32.0 Å². The van der Waals surface area contributed by atoms with Crippen LogP contribution in [0.3, 0.4) is 0 Å². The molecule has 0 bridgehead atoms. The van der Waals surface area contributed by atoms with Crippen molar-refractivity contribution in [1.82, 2.24) is 15.1 Å². The molecule has 7 nitrogen and oxygen atoms in total. The van der Waals surface area contributed by atoms with Gasteiger partial charge in [0.1, 0.15) is 17.4 Å². The molecule has 0 saturated carbocycles. The zero-order valence-electron chi connectivity index (χ0n) is 19.8. The minimum atomic E-state index is -0.758. The molecule has 0 radical (unpaired) electrons. The Morgan fingerprint density at radius 2 is 1.75 bits per heavy atom. The third-order valence-corrected chi connectivity index (χ3v) is 5.33. The Hall–Kier alpha value is -3.09. The number of rotatable bonds is 11. The predicted molar refractivity (Wildman–Crippen MR) is 127 cm³/mol. The Balaban J connectivity index is 2.15. The summed E-state index contributed by atoms with van der Waals surface area (Å²) in [6.07, 6.45) is 5.09. The van der Waals surface area contributed by atoms with Crippen LogP contribution in [0.25, 0.3) is 17.0 Å². The number of hydrogen-bond donors (Lipinski definition) is 1. The molecule has 0 aliphatic rings. The fourth-order valence-electron chi connectivity index (χ4n) is 3.56. The zero-order valence-corrected chi connectivity index (χ0v) is 19.8. The lowest BCUT2D eigenvalue weighted by atomic mass is 10.1. The van der Waals surface area contributed by atoms with Gasteiger partial charge in [0, 0.05) is 50.6 Å².